The van der Waals surface area contributed by atoms with Crippen LogP contribution in [0.2, 0.25) is 0 Å². The highest BCUT2D eigenvalue weighted by Crippen LogP contribution is 2.22. The molecular weight excluding hydrogens is 377 g/mol. The lowest BCUT2D eigenvalue weighted by atomic mass is 9.97. The first kappa shape index (κ1) is 21.5. The Hall–Kier alpha value is -2.19. The Balaban J connectivity index is 1.40. The van der Waals surface area contributed by atoms with E-state index in [2.05, 4.69) is 16.0 Å². The van der Waals surface area contributed by atoms with Crippen LogP contribution in [0.5, 0.6) is 0 Å². The Kier molecular flexibility index (Phi) is 7.83. The molecule has 0 aromatic heterocycles. The molecule has 0 unspecified atom stereocenters. The summed E-state index contributed by atoms with van der Waals surface area (Å²) < 4.78 is 18.8. The second-order valence-corrected chi connectivity index (χ2v) is 7.87. The van der Waals surface area contributed by atoms with Gasteiger partial charge in [-0.1, -0.05) is 25.0 Å². The summed E-state index contributed by atoms with van der Waals surface area (Å²) in [4.78, 5) is 24.4. The van der Waals surface area contributed by atoms with Gasteiger partial charge < -0.3 is 25.8 Å². The molecule has 2 aliphatic rings. The van der Waals surface area contributed by atoms with Crippen molar-refractivity contribution in [3.8, 4) is 0 Å². The molecule has 4 N–H and O–H groups in total. The van der Waals surface area contributed by atoms with Gasteiger partial charge in [-0.15, -0.1) is 0 Å². The quantitative estimate of drug-likeness (QED) is 0.555. The number of aliphatic hydroxyl groups excluding tert-OH is 1. The first-order chi connectivity index (χ1) is 14.0. The summed E-state index contributed by atoms with van der Waals surface area (Å²) in [5.41, 5.74) is 0.815. The maximum atomic E-state index is 12.9. The van der Waals surface area contributed by atoms with Crippen molar-refractivity contribution in [2.45, 2.75) is 75.8 Å². The fourth-order valence-electron chi connectivity index (χ4n) is 3.99. The van der Waals surface area contributed by atoms with Gasteiger partial charge in [0.1, 0.15) is 11.9 Å². The third-order valence-electron chi connectivity index (χ3n) is 5.62. The fourth-order valence-corrected chi connectivity index (χ4v) is 3.99. The predicted octanol–water partition coefficient (Wildman–Crippen LogP) is 1.98. The molecule has 29 heavy (non-hydrogen) atoms. The minimum absolute atomic E-state index is 0.165. The highest BCUT2D eigenvalue weighted by Gasteiger charge is 2.33. The van der Waals surface area contributed by atoms with Crippen LogP contribution in [0.1, 0.15) is 50.5 Å². The molecule has 0 bridgehead atoms. The van der Waals surface area contributed by atoms with Crippen LogP contribution >= 0.6 is 0 Å². The number of rotatable bonds is 7. The molecule has 1 saturated carbocycles. The zero-order chi connectivity index (χ0) is 20.6. The number of hydrogen-bond donors (Lipinski definition) is 4. The van der Waals surface area contributed by atoms with Crippen LogP contribution in [0.15, 0.2) is 24.3 Å². The molecule has 2 fully saturated rings. The molecular formula is C21H30FN3O4. The molecule has 160 valence electrons. The first-order valence-corrected chi connectivity index (χ1v) is 10.4. The van der Waals surface area contributed by atoms with Crippen molar-refractivity contribution in [2.24, 2.45) is 0 Å². The van der Waals surface area contributed by atoms with Crippen molar-refractivity contribution in [2.75, 3.05) is 6.61 Å². The summed E-state index contributed by atoms with van der Waals surface area (Å²) in [6.45, 7) is 0.100. The van der Waals surface area contributed by atoms with Gasteiger partial charge in [-0.2, -0.15) is 0 Å². The van der Waals surface area contributed by atoms with Crippen molar-refractivity contribution in [1.29, 1.82) is 0 Å². The second kappa shape index (κ2) is 10.5. The van der Waals surface area contributed by atoms with Gasteiger partial charge in [0.15, 0.2) is 0 Å². The monoisotopic (exact) mass is 407 g/mol. The highest BCUT2D eigenvalue weighted by atomic mass is 19.1. The smallest absolute Gasteiger partial charge is 0.315 e. The standard InChI is InChI=1S/C21H30FN3O4/c22-15-7-5-14(6-8-15)12-23-20(27)11-17-9-10-18(19(13-26)29-17)25-21(28)24-16-3-1-2-4-16/h5-8,16-19,26H,1-4,9-13H2,(H,23,27)(H2,24,25,28)/t17-,18-,19-/m1/s1. The lowest BCUT2D eigenvalue weighted by Gasteiger charge is -2.36. The number of ether oxygens (including phenoxy) is 1. The zero-order valence-corrected chi connectivity index (χ0v) is 16.5. The van der Waals surface area contributed by atoms with Crippen molar-refractivity contribution in [3.05, 3.63) is 35.6 Å². The Labute approximate surface area is 170 Å². The minimum atomic E-state index is -0.534. The summed E-state index contributed by atoms with van der Waals surface area (Å²) in [5, 5.41) is 18.3. The lowest BCUT2D eigenvalue weighted by Crippen LogP contribution is -2.54. The topological polar surface area (TPSA) is 99.7 Å². The van der Waals surface area contributed by atoms with Crippen molar-refractivity contribution in [1.82, 2.24) is 16.0 Å². The van der Waals surface area contributed by atoms with Gasteiger partial charge in [0.05, 0.1) is 25.2 Å². The fraction of sp³-hybridized carbons (Fsp3) is 0.619. The number of amides is 3. The predicted molar refractivity (Wildman–Crippen MR) is 106 cm³/mol. The van der Waals surface area contributed by atoms with Gasteiger partial charge in [-0.3, -0.25) is 4.79 Å². The van der Waals surface area contributed by atoms with Crippen LogP contribution in [0, 0.1) is 5.82 Å². The van der Waals surface area contributed by atoms with Gasteiger partial charge in [0.2, 0.25) is 5.91 Å². The molecule has 1 aromatic rings. The molecule has 3 amide bonds. The van der Waals surface area contributed by atoms with Gasteiger partial charge >= 0.3 is 6.03 Å². The minimum Gasteiger partial charge on any atom is -0.394 e. The van der Waals surface area contributed by atoms with E-state index in [1.54, 1.807) is 12.1 Å². The molecule has 0 spiro atoms. The largest absolute Gasteiger partial charge is 0.394 e. The maximum Gasteiger partial charge on any atom is 0.315 e. The molecule has 1 aliphatic heterocycles. The van der Waals surface area contributed by atoms with Gasteiger partial charge in [0, 0.05) is 12.6 Å². The Bertz CT molecular complexity index is 679. The van der Waals surface area contributed by atoms with Crippen molar-refractivity contribution < 1.29 is 23.8 Å². The maximum absolute atomic E-state index is 12.9. The van der Waals surface area contributed by atoms with E-state index in [0.717, 1.165) is 31.2 Å². The number of carbonyl (C=O) groups excluding carboxylic acids is 2. The van der Waals surface area contributed by atoms with E-state index in [-0.39, 0.29) is 49.0 Å². The van der Waals surface area contributed by atoms with Gasteiger partial charge in [-0.05, 0) is 43.4 Å². The van der Waals surface area contributed by atoms with Crippen molar-refractivity contribution >= 4 is 11.9 Å². The third-order valence-corrected chi connectivity index (χ3v) is 5.62. The molecule has 3 atom stereocenters. The second-order valence-electron chi connectivity index (χ2n) is 7.87. The van der Waals surface area contributed by atoms with Gasteiger partial charge in [-0.25, -0.2) is 9.18 Å². The number of halogens is 1. The normalized spacial score (nSPS) is 24.8. The summed E-state index contributed by atoms with van der Waals surface area (Å²) in [6.07, 6.45) is 4.89. The van der Waals surface area contributed by atoms with E-state index in [4.69, 9.17) is 4.74 Å². The molecule has 8 heteroatoms. The van der Waals surface area contributed by atoms with E-state index >= 15 is 0 Å². The van der Waals surface area contributed by atoms with Crippen molar-refractivity contribution in [3.63, 3.8) is 0 Å². The van der Waals surface area contributed by atoms with Crippen LogP contribution in [-0.4, -0.2) is 47.9 Å². The van der Waals surface area contributed by atoms with Crippen LogP contribution < -0.4 is 16.0 Å². The summed E-state index contributed by atoms with van der Waals surface area (Å²) in [5.74, 6) is -0.479. The summed E-state index contributed by atoms with van der Waals surface area (Å²) in [6, 6.07) is 5.69. The average molecular weight is 407 g/mol. The molecule has 1 aliphatic carbocycles. The number of benzene rings is 1. The molecule has 1 aromatic carbocycles. The highest BCUT2D eigenvalue weighted by molar-refractivity contribution is 5.76. The van der Waals surface area contributed by atoms with E-state index in [0.29, 0.717) is 19.4 Å². The zero-order valence-electron chi connectivity index (χ0n) is 16.5. The molecule has 0 radical (unpaired) electrons. The number of carbonyl (C=O) groups is 2. The van der Waals surface area contributed by atoms with Crippen LogP contribution in [0.25, 0.3) is 0 Å². The number of hydrogen-bond acceptors (Lipinski definition) is 4. The van der Waals surface area contributed by atoms with E-state index in [1.807, 2.05) is 0 Å². The van der Waals surface area contributed by atoms with Gasteiger partial charge in [0.25, 0.3) is 0 Å². The van der Waals surface area contributed by atoms with Crippen LogP contribution in [0.4, 0.5) is 9.18 Å². The van der Waals surface area contributed by atoms with E-state index < -0.39 is 6.10 Å². The number of aliphatic hydroxyl groups is 1. The summed E-state index contributed by atoms with van der Waals surface area (Å²) >= 11 is 0. The molecule has 1 saturated heterocycles. The summed E-state index contributed by atoms with van der Waals surface area (Å²) in [7, 11) is 0. The lowest BCUT2D eigenvalue weighted by molar-refractivity contribution is -0.130. The van der Waals surface area contributed by atoms with Crippen LogP contribution in [-0.2, 0) is 16.1 Å². The van der Waals surface area contributed by atoms with Crippen LogP contribution in [0.3, 0.4) is 0 Å². The third kappa shape index (κ3) is 6.68. The number of urea groups is 1. The molecule has 1 heterocycles. The Morgan fingerprint density at radius 1 is 1.07 bits per heavy atom. The number of nitrogens with one attached hydrogen (secondary N) is 3. The van der Waals surface area contributed by atoms with E-state index in [9.17, 15) is 19.1 Å². The Morgan fingerprint density at radius 2 is 1.79 bits per heavy atom. The molecule has 7 nitrogen and oxygen atoms in total. The molecule has 3 rings (SSSR count). The average Bonchev–Trinajstić information content (AvgIpc) is 3.21. The SMILES string of the molecule is O=C(C[C@H]1CC[C@@H](NC(=O)NC2CCCC2)[C@@H](CO)O1)NCc1ccc(F)cc1. The first-order valence-electron chi connectivity index (χ1n) is 10.4. The van der Waals surface area contributed by atoms with E-state index in [1.165, 1.54) is 12.1 Å². The Morgan fingerprint density at radius 3 is 2.48 bits per heavy atom.